The SMILES string of the molecule is C=C(C)[C@@H]1CC[C@@]2(C)[C@H]3CCC(C)=C[C@@H](O)[C@@]3(C)CC[C@H]12. The van der Waals surface area contributed by atoms with E-state index in [0.29, 0.717) is 17.3 Å². The summed E-state index contributed by atoms with van der Waals surface area (Å²) < 4.78 is 0. The standard InChI is InChI=1S/C20H32O/c1-13(2)15-8-10-19(4)16(15)9-11-20(5)17(19)7-6-14(3)12-18(20)21/h12,15-18,21H,1,6-11H2,2-5H3/t15-,16+,17+,18+,19+,20-/m0/s1. The quantitative estimate of drug-likeness (QED) is 0.665. The summed E-state index contributed by atoms with van der Waals surface area (Å²) in [5, 5.41) is 10.8. The van der Waals surface area contributed by atoms with E-state index in [1.807, 2.05) is 0 Å². The van der Waals surface area contributed by atoms with Gasteiger partial charge in [-0.05, 0) is 75.5 Å². The van der Waals surface area contributed by atoms with Crippen LogP contribution in [-0.4, -0.2) is 11.2 Å². The second-order valence-electron chi connectivity index (χ2n) is 8.70. The first-order valence-corrected chi connectivity index (χ1v) is 8.80. The van der Waals surface area contributed by atoms with Crippen LogP contribution in [0.1, 0.15) is 66.2 Å². The minimum atomic E-state index is -0.258. The van der Waals surface area contributed by atoms with E-state index in [0.717, 1.165) is 12.3 Å². The average Bonchev–Trinajstić information content (AvgIpc) is 2.69. The number of allylic oxidation sites excluding steroid dienone is 2. The average molecular weight is 288 g/mol. The molecule has 3 aliphatic rings. The molecule has 1 N–H and O–H groups in total. The molecule has 3 rings (SSSR count). The van der Waals surface area contributed by atoms with Gasteiger partial charge in [-0.3, -0.25) is 0 Å². The van der Waals surface area contributed by atoms with Crippen LogP contribution in [0.25, 0.3) is 0 Å². The van der Waals surface area contributed by atoms with Gasteiger partial charge in [0.2, 0.25) is 0 Å². The summed E-state index contributed by atoms with van der Waals surface area (Å²) in [5.41, 5.74) is 3.24. The maximum atomic E-state index is 10.8. The van der Waals surface area contributed by atoms with E-state index in [4.69, 9.17) is 0 Å². The van der Waals surface area contributed by atoms with E-state index in [-0.39, 0.29) is 11.5 Å². The second kappa shape index (κ2) is 4.98. The van der Waals surface area contributed by atoms with Crippen LogP contribution < -0.4 is 0 Å². The number of hydrogen-bond acceptors (Lipinski definition) is 1. The molecule has 0 aromatic rings. The molecule has 0 amide bonds. The highest BCUT2D eigenvalue weighted by Gasteiger charge is 2.59. The van der Waals surface area contributed by atoms with Crippen LogP contribution in [0, 0.1) is 28.6 Å². The molecule has 118 valence electrons. The van der Waals surface area contributed by atoms with Crippen LogP contribution in [0.2, 0.25) is 0 Å². The Morgan fingerprint density at radius 2 is 1.86 bits per heavy atom. The Balaban J connectivity index is 1.97. The summed E-state index contributed by atoms with van der Waals surface area (Å²) in [4.78, 5) is 0. The third kappa shape index (κ3) is 2.15. The van der Waals surface area contributed by atoms with Gasteiger partial charge in [-0.15, -0.1) is 0 Å². The Morgan fingerprint density at radius 3 is 2.52 bits per heavy atom. The number of fused-ring (bicyclic) bond motifs is 3. The molecule has 3 aliphatic carbocycles. The van der Waals surface area contributed by atoms with Crippen LogP contribution >= 0.6 is 0 Å². The predicted octanol–water partition coefficient (Wildman–Crippen LogP) is 5.11. The molecule has 6 atom stereocenters. The molecule has 0 saturated heterocycles. The molecule has 2 fully saturated rings. The van der Waals surface area contributed by atoms with Gasteiger partial charge in [0, 0.05) is 5.41 Å². The lowest BCUT2D eigenvalue weighted by Crippen LogP contribution is -2.51. The van der Waals surface area contributed by atoms with Crippen LogP contribution in [0.5, 0.6) is 0 Å². The van der Waals surface area contributed by atoms with Gasteiger partial charge in [0.05, 0.1) is 6.10 Å². The monoisotopic (exact) mass is 288 g/mol. The summed E-state index contributed by atoms with van der Waals surface area (Å²) >= 11 is 0. The summed E-state index contributed by atoms with van der Waals surface area (Å²) in [7, 11) is 0. The second-order valence-corrected chi connectivity index (χ2v) is 8.70. The summed E-state index contributed by atoms with van der Waals surface area (Å²) in [6.07, 6.45) is 9.38. The fourth-order valence-electron chi connectivity index (χ4n) is 6.19. The molecule has 0 spiro atoms. The van der Waals surface area contributed by atoms with Gasteiger partial charge in [-0.2, -0.15) is 0 Å². The zero-order valence-corrected chi connectivity index (χ0v) is 14.3. The van der Waals surface area contributed by atoms with E-state index >= 15 is 0 Å². The van der Waals surface area contributed by atoms with Crippen molar-refractivity contribution in [2.24, 2.45) is 28.6 Å². The smallest absolute Gasteiger partial charge is 0.0779 e. The van der Waals surface area contributed by atoms with Gasteiger partial charge in [-0.25, -0.2) is 0 Å². The third-order valence-corrected chi connectivity index (χ3v) is 7.49. The van der Waals surface area contributed by atoms with Crippen LogP contribution in [0.15, 0.2) is 23.8 Å². The Labute approximate surface area is 130 Å². The van der Waals surface area contributed by atoms with E-state index in [9.17, 15) is 5.11 Å². The molecule has 1 heteroatoms. The minimum absolute atomic E-state index is 0.0764. The van der Waals surface area contributed by atoms with E-state index in [1.54, 1.807) is 0 Å². The van der Waals surface area contributed by atoms with Crippen molar-refractivity contribution in [2.75, 3.05) is 0 Å². The molecule has 0 radical (unpaired) electrons. The molecular weight excluding hydrogens is 256 g/mol. The Morgan fingerprint density at radius 1 is 1.19 bits per heavy atom. The highest BCUT2D eigenvalue weighted by atomic mass is 16.3. The first-order valence-electron chi connectivity index (χ1n) is 8.80. The lowest BCUT2D eigenvalue weighted by atomic mass is 9.49. The normalized spacial score (nSPS) is 49.9. The lowest BCUT2D eigenvalue weighted by Gasteiger charge is -2.56. The van der Waals surface area contributed by atoms with Crippen LogP contribution in [-0.2, 0) is 0 Å². The fourth-order valence-corrected chi connectivity index (χ4v) is 6.19. The molecule has 0 aliphatic heterocycles. The van der Waals surface area contributed by atoms with Gasteiger partial charge < -0.3 is 5.11 Å². The van der Waals surface area contributed by atoms with E-state index in [2.05, 4.69) is 40.3 Å². The molecule has 1 nitrogen and oxygen atoms in total. The van der Waals surface area contributed by atoms with Crippen molar-refractivity contribution in [3.8, 4) is 0 Å². The summed E-state index contributed by atoms with van der Waals surface area (Å²) in [5.74, 6) is 2.16. The number of rotatable bonds is 1. The van der Waals surface area contributed by atoms with Crippen molar-refractivity contribution in [1.29, 1.82) is 0 Å². The Bertz CT molecular complexity index is 476. The van der Waals surface area contributed by atoms with Crippen molar-refractivity contribution >= 4 is 0 Å². The third-order valence-electron chi connectivity index (χ3n) is 7.49. The molecule has 0 aromatic carbocycles. The summed E-state index contributed by atoms with van der Waals surface area (Å²) in [6, 6.07) is 0. The zero-order valence-electron chi connectivity index (χ0n) is 14.3. The highest BCUT2D eigenvalue weighted by molar-refractivity contribution is 5.19. The fraction of sp³-hybridized carbons (Fsp3) is 0.800. The van der Waals surface area contributed by atoms with Gasteiger partial charge in [-0.1, -0.05) is 37.6 Å². The maximum absolute atomic E-state index is 10.8. The topological polar surface area (TPSA) is 20.2 Å². The highest BCUT2D eigenvalue weighted by Crippen LogP contribution is 2.66. The molecule has 21 heavy (non-hydrogen) atoms. The molecule has 0 aromatic heterocycles. The number of aliphatic hydroxyl groups is 1. The van der Waals surface area contributed by atoms with Crippen molar-refractivity contribution in [1.82, 2.24) is 0 Å². The Kier molecular flexibility index (Phi) is 3.64. The Hall–Kier alpha value is -0.560. The van der Waals surface area contributed by atoms with Gasteiger partial charge in [0.25, 0.3) is 0 Å². The first kappa shape index (κ1) is 15.3. The largest absolute Gasteiger partial charge is 0.388 e. The zero-order chi connectivity index (χ0) is 15.4. The first-order chi connectivity index (χ1) is 9.79. The van der Waals surface area contributed by atoms with E-state index < -0.39 is 0 Å². The predicted molar refractivity (Wildman–Crippen MR) is 89.0 cm³/mol. The summed E-state index contributed by atoms with van der Waals surface area (Å²) in [6.45, 7) is 13.6. The molecule has 0 heterocycles. The number of aliphatic hydroxyl groups excluding tert-OH is 1. The van der Waals surface area contributed by atoms with E-state index in [1.165, 1.54) is 43.3 Å². The van der Waals surface area contributed by atoms with Gasteiger partial charge >= 0.3 is 0 Å². The number of hydrogen-bond donors (Lipinski definition) is 1. The van der Waals surface area contributed by atoms with Crippen LogP contribution in [0.4, 0.5) is 0 Å². The van der Waals surface area contributed by atoms with Crippen molar-refractivity contribution in [2.45, 2.75) is 72.3 Å². The lowest BCUT2D eigenvalue weighted by molar-refractivity contribution is -0.0975. The van der Waals surface area contributed by atoms with Crippen molar-refractivity contribution in [3.63, 3.8) is 0 Å². The van der Waals surface area contributed by atoms with Gasteiger partial charge in [0.15, 0.2) is 0 Å². The van der Waals surface area contributed by atoms with Crippen molar-refractivity contribution < 1.29 is 5.11 Å². The molecule has 0 unspecified atom stereocenters. The van der Waals surface area contributed by atoms with Crippen molar-refractivity contribution in [3.05, 3.63) is 23.8 Å². The maximum Gasteiger partial charge on any atom is 0.0779 e. The molecular formula is C20H32O. The molecule has 2 saturated carbocycles. The van der Waals surface area contributed by atoms with Gasteiger partial charge in [0.1, 0.15) is 0 Å². The van der Waals surface area contributed by atoms with Crippen LogP contribution in [0.3, 0.4) is 0 Å². The molecule has 0 bridgehead atoms. The minimum Gasteiger partial charge on any atom is -0.388 e.